The molecule has 3 rings (SSSR count). The third kappa shape index (κ3) is 1.07. The normalized spacial score (nSPS) is 11.8. The van der Waals surface area contributed by atoms with Crippen LogP contribution >= 0.6 is 0 Å². The van der Waals surface area contributed by atoms with Gasteiger partial charge in [0.05, 0.1) is 0 Å². The van der Waals surface area contributed by atoms with E-state index in [0.29, 0.717) is 0 Å². The molecular formula is C14H14O2. The molecule has 0 unspecified atom stereocenters. The first-order valence-corrected chi connectivity index (χ1v) is 5.47. The molecule has 3 aromatic rings. The van der Waals surface area contributed by atoms with Crippen molar-refractivity contribution in [1.82, 2.24) is 0 Å². The van der Waals surface area contributed by atoms with Crippen LogP contribution in [0, 0.1) is 27.7 Å². The molecule has 2 heteroatoms. The highest BCUT2D eigenvalue weighted by Gasteiger charge is 2.12. The van der Waals surface area contributed by atoms with E-state index in [1.165, 1.54) is 11.1 Å². The summed E-state index contributed by atoms with van der Waals surface area (Å²) in [5.74, 6) is 1.97. The Balaban J connectivity index is 2.52. The average molecular weight is 214 g/mol. The second kappa shape index (κ2) is 2.91. The molecule has 0 atom stereocenters. The maximum absolute atomic E-state index is 5.73. The van der Waals surface area contributed by atoms with E-state index in [4.69, 9.17) is 8.83 Å². The lowest BCUT2D eigenvalue weighted by atomic mass is 10.1. The minimum absolute atomic E-state index is 0.950. The molecule has 0 fully saturated rings. The lowest BCUT2D eigenvalue weighted by molar-refractivity contribution is 0.572. The monoisotopic (exact) mass is 214 g/mol. The standard InChI is InChI=1S/C14H14O2/c1-7-9(3)15-13-6-12-8(2)10(4)16-14(12)5-11(7)13/h5-6H,1-4H3. The Hall–Kier alpha value is -1.70. The minimum Gasteiger partial charge on any atom is -0.461 e. The van der Waals surface area contributed by atoms with Gasteiger partial charge in [-0.05, 0) is 51.0 Å². The molecule has 0 saturated carbocycles. The second-order valence-corrected chi connectivity index (χ2v) is 4.41. The van der Waals surface area contributed by atoms with Crippen molar-refractivity contribution in [1.29, 1.82) is 0 Å². The predicted molar refractivity (Wildman–Crippen MR) is 64.9 cm³/mol. The lowest BCUT2D eigenvalue weighted by Crippen LogP contribution is -1.72. The zero-order chi connectivity index (χ0) is 11.4. The van der Waals surface area contributed by atoms with Crippen LogP contribution in [0.3, 0.4) is 0 Å². The van der Waals surface area contributed by atoms with Gasteiger partial charge in [-0.1, -0.05) is 0 Å². The van der Waals surface area contributed by atoms with Crippen molar-refractivity contribution < 1.29 is 8.83 Å². The lowest BCUT2D eigenvalue weighted by Gasteiger charge is -1.91. The van der Waals surface area contributed by atoms with Crippen LogP contribution < -0.4 is 0 Å². The molecule has 0 spiro atoms. The van der Waals surface area contributed by atoms with E-state index in [9.17, 15) is 0 Å². The van der Waals surface area contributed by atoms with Gasteiger partial charge in [0, 0.05) is 10.8 Å². The van der Waals surface area contributed by atoms with Crippen LogP contribution in [0.15, 0.2) is 21.0 Å². The van der Waals surface area contributed by atoms with E-state index in [1.54, 1.807) is 0 Å². The van der Waals surface area contributed by atoms with E-state index in [2.05, 4.69) is 26.0 Å². The summed E-state index contributed by atoms with van der Waals surface area (Å²) in [6.45, 7) is 8.15. The molecule has 16 heavy (non-hydrogen) atoms. The van der Waals surface area contributed by atoms with E-state index in [0.717, 1.165) is 33.5 Å². The Labute approximate surface area is 93.8 Å². The number of hydrogen-bond donors (Lipinski definition) is 0. The highest BCUT2D eigenvalue weighted by molar-refractivity contribution is 5.97. The summed E-state index contributed by atoms with van der Waals surface area (Å²) in [6, 6.07) is 4.16. The molecular weight excluding hydrogens is 200 g/mol. The molecule has 1 aromatic carbocycles. The molecule has 0 aliphatic rings. The number of rotatable bonds is 0. The summed E-state index contributed by atoms with van der Waals surface area (Å²) in [6.07, 6.45) is 0. The third-order valence-corrected chi connectivity index (χ3v) is 3.47. The van der Waals surface area contributed by atoms with Crippen LogP contribution in [-0.4, -0.2) is 0 Å². The van der Waals surface area contributed by atoms with Crippen LogP contribution in [-0.2, 0) is 0 Å². The van der Waals surface area contributed by atoms with Crippen LogP contribution in [0.1, 0.15) is 22.6 Å². The van der Waals surface area contributed by atoms with Crippen molar-refractivity contribution >= 4 is 21.9 Å². The van der Waals surface area contributed by atoms with Crippen LogP contribution in [0.2, 0.25) is 0 Å². The maximum Gasteiger partial charge on any atom is 0.135 e. The summed E-state index contributed by atoms with van der Waals surface area (Å²) in [5, 5.41) is 2.30. The topological polar surface area (TPSA) is 26.3 Å². The third-order valence-electron chi connectivity index (χ3n) is 3.47. The van der Waals surface area contributed by atoms with Gasteiger partial charge in [0.1, 0.15) is 22.7 Å². The van der Waals surface area contributed by atoms with Crippen molar-refractivity contribution in [3.8, 4) is 0 Å². The average Bonchev–Trinajstić information content (AvgIpc) is 2.67. The summed E-state index contributed by atoms with van der Waals surface area (Å²) in [5.41, 5.74) is 4.30. The number of furan rings is 2. The number of fused-ring (bicyclic) bond motifs is 2. The van der Waals surface area contributed by atoms with E-state index in [-0.39, 0.29) is 0 Å². The van der Waals surface area contributed by atoms with Gasteiger partial charge in [0.15, 0.2) is 0 Å². The summed E-state index contributed by atoms with van der Waals surface area (Å²) in [7, 11) is 0. The maximum atomic E-state index is 5.73. The van der Waals surface area contributed by atoms with Crippen LogP contribution in [0.4, 0.5) is 0 Å². The summed E-state index contributed by atoms with van der Waals surface area (Å²) in [4.78, 5) is 0. The first-order chi connectivity index (χ1) is 7.58. The van der Waals surface area contributed by atoms with Crippen molar-refractivity contribution in [2.45, 2.75) is 27.7 Å². The largest absolute Gasteiger partial charge is 0.461 e. The van der Waals surface area contributed by atoms with E-state index >= 15 is 0 Å². The van der Waals surface area contributed by atoms with Crippen LogP contribution in [0.25, 0.3) is 21.9 Å². The summed E-state index contributed by atoms with van der Waals surface area (Å²) < 4.78 is 11.5. The van der Waals surface area contributed by atoms with Crippen molar-refractivity contribution in [3.63, 3.8) is 0 Å². The molecule has 2 aromatic heterocycles. The highest BCUT2D eigenvalue weighted by Crippen LogP contribution is 2.32. The predicted octanol–water partition coefficient (Wildman–Crippen LogP) is 4.41. The number of benzene rings is 1. The molecule has 82 valence electrons. The molecule has 0 N–H and O–H groups in total. The molecule has 0 saturated heterocycles. The number of hydrogen-bond acceptors (Lipinski definition) is 2. The quantitative estimate of drug-likeness (QED) is 0.554. The van der Waals surface area contributed by atoms with Gasteiger partial charge >= 0.3 is 0 Å². The molecule has 0 aliphatic heterocycles. The molecule has 0 aliphatic carbocycles. The van der Waals surface area contributed by atoms with Gasteiger partial charge in [-0.3, -0.25) is 0 Å². The van der Waals surface area contributed by atoms with Gasteiger partial charge in [0.2, 0.25) is 0 Å². The Kier molecular flexibility index (Phi) is 1.73. The van der Waals surface area contributed by atoms with Gasteiger partial charge < -0.3 is 8.83 Å². The number of aryl methyl sites for hydroxylation is 4. The Morgan fingerprint density at radius 2 is 1.06 bits per heavy atom. The highest BCUT2D eigenvalue weighted by atomic mass is 16.3. The Morgan fingerprint density at radius 3 is 1.44 bits per heavy atom. The van der Waals surface area contributed by atoms with Crippen molar-refractivity contribution in [2.75, 3.05) is 0 Å². The fourth-order valence-corrected chi connectivity index (χ4v) is 2.18. The minimum atomic E-state index is 0.950. The van der Waals surface area contributed by atoms with Crippen LogP contribution in [0.5, 0.6) is 0 Å². The first-order valence-electron chi connectivity index (χ1n) is 5.47. The molecule has 0 bridgehead atoms. The SMILES string of the molecule is Cc1oc2cc3c(C)c(C)oc3cc2c1C. The second-order valence-electron chi connectivity index (χ2n) is 4.41. The molecule has 0 amide bonds. The van der Waals surface area contributed by atoms with Gasteiger partial charge in [-0.25, -0.2) is 0 Å². The molecule has 2 nitrogen and oxygen atoms in total. The fourth-order valence-electron chi connectivity index (χ4n) is 2.18. The Bertz CT molecular complexity index is 636. The molecule has 2 heterocycles. The van der Waals surface area contributed by atoms with Gasteiger partial charge in [-0.2, -0.15) is 0 Å². The smallest absolute Gasteiger partial charge is 0.135 e. The molecule has 0 radical (unpaired) electrons. The zero-order valence-electron chi connectivity index (χ0n) is 9.97. The van der Waals surface area contributed by atoms with E-state index < -0.39 is 0 Å². The zero-order valence-corrected chi connectivity index (χ0v) is 9.97. The van der Waals surface area contributed by atoms with Crippen molar-refractivity contribution in [3.05, 3.63) is 34.8 Å². The summed E-state index contributed by atoms with van der Waals surface area (Å²) >= 11 is 0. The Morgan fingerprint density at radius 1 is 0.688 bits per heavy atom. The van der Waals surface area contributed by atoms with E-state index in [1.807, 2.05) is 13.8 Å². The van der Waals surface area contributed by atoms with Crippen molar-refractivity contribution in [2.24, 2.45) is 0 Å². The van der Waals surface area contributed by atoms with Gasteiger partial charge in [0.25, 0.3) is 0 Å². The van der Waals surface area contributed by atoms with Gasteiger partial charge in [-0.15, -0.1) is 0 Å². The first kappa shape index (κ1) is 9.52. The fraction of sp³-hybridized carbons (Fsp3) is 0.286.